The Bertz CT molecular complexity index is 2030. The van der Waals surface area contributed by atoms with Crippen molar-refractivity contribution in [3.8, 4) is 0 Å². The molecule has 1 aliphatic rings. The first-order valence-corrected chi connectivity index (χ1v) is 16.0. The average Bonchev–Trinajstić information content (AvgIpc) is 2.86. The molecule has 0 bridgehead atoms. The van der Waals surface area contributed by atoms with Crippen LogP contribution in [0.1, 0.15) is 11.1 Å². The van der Waals surface area contributed by atoms with Gasteiger partial charge in [-0.05, 0) is 59.2 Å². The van der Waals surface area contributed by atoms with E-state index in [2.05, 4.69) is 0 Å². The third-order valence-corrected chi connectivity index (χ3v) is 9.09. The van der Waals surface area contributed by atoms with Crippen LogP contribution in [0.15, 0.2) is 93.1 Å². The van der Waals surface area contributed by atoms with Gasteiger partial charge in [0, 0.05) is 48.3 Å². The van der Waals surface area contributed by atoms with E-state index in [4.69, 9.17) is 0 Å². The SMILES string of the molecule is CN(C)c1ccc(C(=C2C=CC(=[N+](C)C)C=C2)c2cc(S(=O)(=O)[O-])c3ccc(S(=O)(=O)[O-])cc3c2S(=O)(=O)[O-])cc1.[Na+].[Na+]. The molecule has 0 atom stereocenters. The normalized spacial score (nSPS) is 13.4. The van der Waals surface area contributed by atoms with E-state index in [0.29, 0.717) is 17.2 Å². The van der Waals surface area contributed by atoms with Crippen LogP contribution in [0.4, 0.5) is 5.69 Å². The van der Waals surface area contributed by atoms with Crippen molar-refractivity contribution < 1.29 is 103 Å². The molecule has 1 aliphatic carbocycles. The minimum absolute atomic E-state index is 0. The molecule has 43 heavy (non-hydrogen) atoms. The van der Waals surface area contributed by atoms with E-state index >= 15 is 0 Å². The number of hydrogen-bond donors (Lipinski definition) is 0. The van der Waals surface area contributed by atoms with Crippen LogP contribution < -0.4 is 64.0 Å². The van der Waals surface area contributed by atoms with Gasteiger partial charge in [-0.3, -0.25) is 0 Å². The molecular weight excluding hydrogens is 638 g/mol. The average molecular weight is 663 g/mol. The van der Waals surface area contributed by atoms with E-state index in [1.54, 1.807) is 76.8 Å². The predicted octanol–water partition coefficient (Wildman–Crippen LogP) is -3.73. The quantitative estimate of drug-likeness (QED) is 0.145. The van der Waals surface area contributed by atoms with Crippen LogP contribution in [0.5, 0.6) is 0 Å². The summed E-state index contributed by atoms with van der Waals surface area (Å²) in [5, 5.41) is -1.20. The maximum Gasteiger partial charge on any atom is 1.00 e. The van der Waals surface area contributed by atoms with Gasteiger partial charge in [0.05, 0.1) is 14.7 Å². The first-order chi connectivity index (χ1) is 18.9. The van der Waals surface area contributed by atoms with Gasteiger partial charge in [0.1, 0.15) is 44.4 Å². The van der Waals surface area contributed by atoms with Gasteiger partial charge in [-0.1, -0.05) is 18.2 Å². The largest absolute Gasteiger partial charge is 1.00 e. The molecule has 0 N–H and O–H groups in total. The number of anilines is 1. The molecule has 0 saturated carbocycles. The Morgan fingerprint density at radius 2 is 1.26 bits per heavy atom. The summed E-state index contributed by atoms with van der Waals surface area (Å²) < 4.78 is 113. The van der Waals surface area contributed by atoms with Crippen LogP contribution >= 0.6 is 0 Å². The Labute approximate surface area is 295 Å². The molecule has 216 valence electrons. The molecule has 0 fully saturated rings. The van der Waals surface area contributed by atoms with Crippen molar-refractivity contribution in [3.05, 3.63) is 89.5 Å². The van der Waals surface area contributed by atoms with E-state index in [-0.39, 0.29) is 64.7 Å². The summed E-state index contributed by atoms with van der Waals surface area (Å²) in [6, 6.07) is 9.64. The van der Waals surface area contributed by atoms with Crippen molar-refractivity contribution >= 4 is 58.1 Å². The summed E-state index contributed by atoms with van der Waals surface area (Å²) in [6.45, 7) is 0. The third kappa shape index (κ3) is 8.14. The zero-order chi connectivity index (χ0) is 30.5. The second kappa shape index (κ2) is 13.8. The van der Waals surface area contributed by atoms with E-state index in [0.717, 1.165) is 29.6 Å². The fourth-order valence-electron chi connectivity index (χ4n) is 4.49. The van der Waals surface area contributed by atoms with Crippen LogP contribution in [0.25, 0.3) is 16.3 Å². The van der Waals surface area contributed by atoms with E-state index in [1.165, 1.54) is 0 Å². The molecular formula is C27H24N2Na2O9S3. The Hall–Kier alpha value is -1.66. The van der Waals surface area contributed by atoms with Crippen LogP contribution in [0, 0.1) is 0 Å². The monoisotopic (exact) mass is 662 g/mol. The van der Waals surface area contributed by atoms with Crippen LogP contribution in [0.3, 0.4) is 0 Å². The van der Waals surface area contributed by atoms with Gasteiger partial charge in [0.2, 0.25) is 0 Å². The summed E-state index contributed by atoms with van der Waals surface area (Å²) in [6.07, 6.45) is 6.67. The van der Waals surface area contributed by atoms with E-state index in [1.807, 2.05) is 9.48 Å². The molecule has 0 heterocycles. The molecule has 16 heteroatoms. The molecule has 0 unspecified atom stereocenters. The van der Waals surface area contributed by atoms with Crippen LogP contribution in [-0.4, -0.2) is 77.4 Å². The summed E-state index contributed by atoms with van der Waals surface area (Å²) in [4.78, 5) is -0.967. The standard InChI is InChI=1S/C27H26N2O9S3.2Na/c1-28(2)19-9-5-17(6-10-19)26(18-7-11-20(12-8-18)29(3)4)24-16-25(40(33,34)35)22-14-13-21(39(30,31)32)15-23(22)27(24)41(36,37)38;;/h5-16H,1-4H3,(H2-,30,31,32,33,34,35,36,37,38);;/q;2*+1/p-2. The number of benzene rings is 3. The smallest absolute Gasteiger partial charge is 0.744 e. The van der Waals surface area contributed by atoms with Gasteiger partial charge in [0.25, 0.3) is 0 Å². The van der Waals surface area contributed by atoms with E-state index < -0.39 is 61.4 Å². The zero-order valence-electron chi connectivity index (χ0n) is 24.2. The molecule has 0 aliphatic heterocycles. The Morgan fingerprint density at radius 1 is 0.698 bits per heavy atom. The third-order valence-electron chi connectivity index (χ3n) is 6.44. The minimum atomic E-state index is -5.47. The first kappa shape index (κ1) is 37.5. The number of allylic oxidation sites excluding steroid dienone is 5. The summed E-state index contributed by atoms with van der Waals surface area (Å²) in [5.74, 6) is 0. The summed E-state index contributed by atoms with van der Waals surface area (Å²) >= 11 is 0. The zero-order valence-corrected chi connectivity index (χ0v) is 30.7. The molecule has 3 aromatic carbocycles. The second-order valence-corrected chi connectivity index (χ2v) is 13.6. The predicted molar refractivity (Wildman–Crippen MR) is 150 cm³/mol. The molecule has 3 aromatic rings. The maximum absolute atomic E-state index is 12.8. The Kier molecular flexibility index (Phi) is 12.0. The fourth-order valence-corrected chi connectivity index (χ4v) is 6.57. The molecule has 0 aromatic heterocycles. The van der Waals surface area contributed by atoms with E-state index in [9.17, 15) is 38.9 Å². The van der Waals surface area contributed by atoms with Gasteiger partial charge in [-0.25, -0.2) is 29.8 Å². The fraction of sp³-hybridized carbons (Fsp3) is 0.148. The van der Waals surface area contributed by atoms with Crippen LogP contribution in [0.2, 0.25) is 0 Å². The molecule has 0 spiro atoms. The topological polar surface area (TPSA) is 178 Å². The molecule has 4 rings (SSSR count). The van der Waals surface area contributed by atoms with Crippen molar-refractivity contribution in [2.24, 2.45) is 0 Å². The number of rotatable bonds is 6. The number of nitrogens with zero attached hydrogens (tertiary/aromatic N) is 2. The Balaban J connectivity index is 0.00000323. The van der Waals surface area contributed by atoms with Crippen molar-refractivity contribution in [3.63, 3.8) is 0 Å². The van der Waals surface area contributed by atoms with Crippen molar-refractivity contribution in [2.75, 3.05) is 33.1 Å². The van der Waals surface area contributed by atoms with Crippen molar-refractivity contribution in [1.29, 1.82) is 0 Å². The van der Waals surface area contributed by atoms with Gasteiger partial charge < -0.3 is 18.6 Å². The van der Waals surface area contributed by atoms with Crippen LogP contribution in [-0.2, 0) is 30.4 Å². The van der Waals surface area contributed by atoms with Gasteiger partial charge in [-0.15, -0.1) is 0 Å². The number of hydrogen-bond acceptors (Lipinski definition) is 10. The molecule has 0 saturated heterocycles. The maximum atomic E-state index is 12.8. The van der Waals surface area contributed by atoms with Gasteiger partial charge in [0.15, 0.2) is 5.71 Å². The van der Waals surface area contributed by atoms with Crippen molar-refractivity contribution in [2.45, 2.75) is 14.7 Å². The van der Waals surface area contributed by atoms with Gasteiger partial charge in [-0.2, -0.15) is 0 Å². The molecule has 11 nitrogen and oxygen atoms in total. The number of fused-ring (bicyclic) bond motifs is 1. The Morgan fingerprint density at radius 3 is 1.70 bits per heavy atom. The minimum Gasteiger partial charge on any atom is -0.744 e. The summed E-state index contributed by atoms with van der Waals surface area (Å²) in [7, 11) is -8.71. The molecule has 0 radical (unpaired) electrons. The second-order valence-electron chi connectivity index (χ2n) is 9.58. The summed E-state index contributed by atoms with van der Waals surface area (Å²) in [5.41, 5.74) is 1.91. The van der Waals surface area contributed by atoms with Crippen molar-refractivity contribution in [1.82, 2.24) is 0 Å². The van der Waals surface area contributed by atoms with Gasteiger partial charge >= 0.3 is 59.1 Å². The first-order valence-electron chi connectivity index (χ1n) is 11.8. The molecule has 0 amide bonds.